The van der Waals surface area contributed by atoms with Gasteiger partial charge in [0.15, 0.2) is 0 Å². The lowest BCUT2D eigenvalue weighted by atomic mass is 10.0. The summed E-state index contributed by atoms with van der Waals surface area (Å²) in [6, 6.07) is 11.0. The maximum atomic E-state index is 9.36. The quantitative estimate of drug-likeness (QED) is 0.741. The zero-order valence-electron chi connectivity index (χ0n) is 10.3. The predicted molar refractivity (Wildman–Crippen MR) is 68.5 cm³/mol. The van der Waals surface area contributed by atoms with Gasteiger partial charge in [0.1, 0.15) is 0 Å². The Hall–Kier alpha value is -0.860. The Balaban J connectivity index is 2.49. The van der Waals surface area contributed by atoms with Crippen molar-refractivity contribution >= 4 is 0 Å². The Morgan fingerprint density at radius 1 is 1.06 bits per heavy atom. The lowest BCUT2D eigenvalue weighted by Gasteiger charge is -2.22. The molecule has 0 amide bonds. The number of hydrogen-bond acceptors (Lipinski definition) is 2. The Labute approximate surface area is 98.7 Å². The molecule has 2 N–H and O–H groups in total. The van der Waals surface area contributed by atoms with Gasteiger partial charge in [-0.15, -0.1) is 0 Å². The number of hydrogen-bond donors (Lipinski definition) is 2. The van der Waals surface area contributed by atoms with Crippen molar-refractivity contribution in [2.45, 2.75) is 45.2 Å². The summed E-state index contributed by atoms with van der Waals surface area (Å²) in [4.78, 5) is 0. The van der Waals surface area contributed by atoms with Gasteiger partial charge in [0.2, 0.25) is 0 Å². The average Bonchev–Trinajstić information content (AvgIpc) is 2.35. The minimum absolute atomic E-state index is 0.173. The molecule has 1 aromatic carbocycles. The Kier molecular flexibility index (Phi) is 6.12. The van der Waals surface area contributed by atoms with Gasteiger partial charge in [-0.25, -0.2) is 0 Å². The molecule has 1 rings (SSSR count). The van der Waals surface area contributed by atoms with Crippen LogP contribution in [0, 0.1) is 0 Å². The molecule has 1 aromatic rings. The fraction of sp³-hybridized carbons (Fsp3) is 0.571. The lowest BCUT2D eigenvalue weighted by molar-refractivity contribution is 0.227. The topological polar surface area (TPSA) is 32.3 Å². The highest BCUT2D eigenvalue weighted by atomic mass is 16.3. The summed E-state index contributed by atoms with van der Waals surface area (Å²) < 4.78 is 0. The first kappa shape index (κ1) is 13.2. The standard InChI is InChI=1S/C14H23NO/c1-3-13(4-2)15-14(11-16)10-12-8-6-5-7-9-12/h5-9,13-16H,3-4,10-11H2,1-2H3/t14-/m0/s1. The van der Waals surface area contributed by atoms with E-state index in [0.29, 0.717) is 6.04 Å². The maximum absolute atomic E-state index is 9.36. The van der Waals surface area contributed by atoms with Crippen molar-refractivity contribution in [2.24, 2.45) is 0 Å². The van der Waals surface area contributed by atoms with Gasteiger partial charge in [0, 0.05) is 12.1 Å². The normalized spacial score (nSPS) is 13.0. The van der Waals surface area contributed by atoms with Crippen LogP contribution in [0.2, 0.25) is 0 Å². The van der Waals surface area contributed by atoms with Crippen LogP contribution in [0.3, 0.4) is 0 Å². The average molecular weight is 221 g/mol. The summed E-state index contributed by atoms with van der Waals surface area (Å²) >= 11 is 0. The third kappa shape index (κ3) is 4.33. The van der Waals surface area contributed by atoms with E-state index in [2.05, 4.69) is 31.3 Å². The molecule has 0 aliphatic heterocycles. The number of nitrogens with one attached hydrogen (secondary N) is 1. The summed E-state index contributed by atoms with van der Waals surface area (Å²) in [5.41, 5.74) is 1.28. The Bertz CT molecular complexity index is 269. The molecule has 1 atom stereocenters. The third-order valence-electron chi connectivity index (χ3n) is 3.00. The van der Waals surface area contributed by atoms with E-state index in [1.165, 1.54) is 5.56 Å². The second-order valence-corrected chi connectivity index (χ2v) is 4.25. The molecule has 2 heteroatoms. The zero-order chi connectivity index (χ0) is 11.8. The molecule has 0 spiro atoms. The molecule has 0 saturated heterocycles. The van der Waals surface area contributed by atoms with Crippen LogP contribution < -0.4 is 5.32 Å². The Morgan fingerprint density at radius 2 is 1.69 bits per heavy atom. The highest BCUT2D eigenvalue weighted by Gasteiger charge is 2.12. The van der Waals surface area contributed by atoms with Crippen molar-refractivity contribution in [3.05, 3.63) is 35.9 Å². The second-order valence-electron chi connectivity index (χ2n) is 4.25. The van der Waals surface area contributed by atoms with Gasteiger partial charge < -0.3 is 10.4 Å². The van der Waals surface area contributed by atoms with Crippen molar-refractivity contribution in [3.63, 3.8) is 0 Å². The van der Waals surface area contributed by atoms with Crippen molar-refractivity contribution in [2.75, 3.05) is 6.61 Å². The molecular formula is C14H23NO. The number of aliphatic hydroxyl groups is 1. The molecule has 0 aliphatic rings. The molecule has 0 saturated carbocycles. The van der Waals surface area contributed by atoms with E-state index < -0.39 is 0 Å². The van der Waals surface area contributed by atoms with Crippen molar-refractivity contribution in [1.29, 1.82) is 0 Å². The van der Waals surface area contributed by atoms with Crippen molar-refractivity contribution in [1.82, 2.24) is 5.32 Å². The fourth-order valence-electron chi connectivity index (χ4n) is 1.93. The van der Waals surface area contributed by atoms with Crippen LogP contribution >= 0.6 is 0 Å². The van der Waals surface area contributed by atoms with E-state index in [9.17, 15) is 5.11 Å². The molecule has 0 fully saturated rings. The predicted octanol–water partition coefficient (Wildman–Crippen LogP) is 2.37. The van der Waals surface area contributed by atoms with Crippen LogP contribution in [0.5, 0.6) is 0 Å². The molecule has 0 radical (unpaired) electrons. The van der Waals surface area contributed by atoms with Crippen LogP contribution in [0.25, 0.3) is 0 Å². The van der Waals surface area contributed by atoms with E-state index in [4.69, 9.17) is 0 Å². The smallest absolute Gasteiger partial charge is 0.0587 e. The van der Waals surface area contributed by atoms with Crippen LogP contribution in [0.1, 0.15) is 32.3 Å². The molecule has 0 unspecified atom stereocenters. The number of benzene rings is 1. The lowest BCUT2D eigenvalue weighted by Crippen LogP contribution is -2.41. The first-order valence-corrected chi connectivity index (χ1v) is 6.21. The molecule has 0 bridgehead atoms. The largest absolute Gasteiger partial charge is 0.395 e. The first-order chi connectivity index (χ1) is 7.80. The van der Waals surface area contributed by atoms with Crippen LogP contribution in [-0.4, -0.2) is 23.8 Å². The number of aliphatic hydroxyl groups excluding tert-OH is 1. The molecule has 16 heavy (non-hydrogen) atoms. The third-order valence-corrected chi connectivity index (χ3v) is 3.00. The minimum Gasteiger partial charge on any atom is -0.395 e. The van der Waals surface area contributed by atoms with Crippen LogP contribution in [-0.2, 0) is 6.42 Å². The van der Waals surface area contributed by atoms with Gasteiger partial charge in [-0.1, -0.05) is 44.2 Å². The van der Waals surface area contributed by atoms with Crippen LogP contribution in [0.15, 0.2) is 30.3 Å². The van der Waals surface area contributed by atoms with E-state index in [1.54, 1.807) is 0 Å². The van der Waals surface area contributed by atoms with E-state index in [1.807, 2.05) is 18.2 Å². The van der Waals surface area contributed by atoms with Gasteiger partial charge in [0.05, 0.1) is 6.61 Å². The fourth-order valence-corrected chi connectivity index (χ4v) is 1.93. The first-order valence-electron chi connectivity index (χ1n) is 6.21. The van der Waals surface area contributed by atoms with Crippen molar-refractivity contribution < 1.29 is 5.11 Å². The zero-order valence-corrected chi connectivity index (χ0v) is 10.3. The van der Waals surface area contributed by atoms with Gasteiger partial charge in [-0.05, 0) is 24.8 Å². The minimum atomic E-state index is 0.173. The van der Waals surface area contributed by atoms with E-state index in [-0.39, 0.29) is 12.6 Å². The molecule has 90 valence electrons. The molecule has 2 nitrogen and oxygen atoms in total. The summed E-state index contributed by atoms with van der Waals surface area (Å²) in [7, 11) is 0. The molecule has 0 aromatic heterocycles. The summed E-state index contributed by atoms with van der Waals surface area (Å²) in [6.45, 7) is 4.56. The monoisotopic (exact) mass is 221 g/mol. The van der Waals surface area contributed by atoms with Gasteiger partial charge >= 0.3 is 0 Å². The summed E-state index contributed by atoms with van der Waals surface area (Å²) in [5, 5.41) is 12.9. The van der Waals surface area contributed by atoms with Gasteiger partial charge in [-0.2, -0.15) is 0 Å². The number of rotatable bonds is 7. The van der Waals surface area contributed by atoms with Gasteiger partial charge in [0.25, 0.3) is 0 Å². The van der Waals surface area contributed by atoms with Gasteiger partial charge in [-0.3, -0.25) is 0 Å². The van der Waals surface area contributed by atoms with Crippen molar-refractivity contribution in [3.8, 4) is 0 Å². The highest BCUT2D eigenvalue weighted by Crippen LogP contribution is 2.05. The van der Waals surface area contributed by atoms with Crippen LogP contribution in [0.4, 0.5) is 0 Å². The summed E-state index contributed by atoms with van der Waals surface area (Å²) in [5.74, 6) is 0. The Morgan fingerprint density at radius 3 is 2.19 bits per heavy atom. The maximum Gasteiger partial charge on any atom is 0.0587 e. The summed E-state index contributed by atoms with van der Waals surface area (Å²) in [6.07, 6.45) is 3.12. The molecular weight excluding hydrogens is 198 g/mol. The molecule has 0 heterocycles. The van der Waals surface area contributed by atoms with E-state index >= 15 is 0 Å². The van der Waals surface area contributed by atoms with E-state index in [0.717, 1.165) is 19.3 Å². The molecule has 0 aliphatic carbocycles. The SMILES string of the molecule is CCC(CC)N[C@H](CO)Cc1ccccc1. The highest BCUT2D eigenvalue weighted by molar-refractivity contribution is 5.15. The second kappa shape index (κ2) is 7.42.